The number of hydrogen-bond acceptors (Lipinski definition) is 4. The highest BCUT2D eigenvalue weighted by Crippen LogP contribution is 2.42. The number of ether oxygens (including phenoxy) is 1. The molecule has 3 aliphatic rings. The molecule has 4 heterocycles. The Morgan fingerprint density at radius 2 is 1.60 bits per heavy atom. The van der Waals surface area contributed by atoms with Crippen LogP contribution in [0.4, 0.5) is 0 Å². The number of amidine groups is 1. The molecule has 0 aliphatic carbocycles. The molecule has 3 aromatic rings. The van der Waals surface area contributed by atoms with Crippen LogP contribution in [0.3, 0.4) is 0 Å². The highest BCUT2D eigenvalue weighted by Gasteiger charge is 2.41. The van der Waals surface area contributed by atoms with E-state index in [0.29, 0.717) is 36.7 Å². The van der Waals surface area contributed by atoms with Crippen LogP contribution in [0.2, 0.25) is 0 Å². The summed E-state index contributed by atoms with van der Waals surface area (Å²) in [4.78, 5) is 9.60. The molecule has 1 N–H and O–H groups in total. The van der Waals surface area contributed by atoms with Crippen molar-refractivity contribution in [1.29, 1.82) is 5.41 Å². The minimum atomic E-state index is 0.360. The predicted octanol–water partition coefficient (Wildman–Crippen LogP) is 5.34. The van der Waals surface area contributed by atoms with E-state index in [1.807, 2.05) is 0 Å². The van der Waals surface area contributed by atoms with Crippen LogP contribution in [-0.4, -0.2) is 63.7 Å². The highest BCUT2D eigenvalue weighted by molar-refractivity contribution is 5.76. The highest BCUT2D eigenvalue weighted by atomic mass is 16.5. The van der Waals surface area contributed by atoms with E-state index < -0.39 is 0 Å². The summed E-state index contributed by atoms with van der Waals surface area (Å²) in [5.41, 5.74) is 3.81. The van der Waals surface area contributed by atoms with Gasteiger partial charge in [-0.2, -0.15) is 0 Å². The Morgan fingerprint density at radius 3 is 2.34 bits per heavy atom. The molecule has 0 spiro atoms. The van der Waals surface area contributed by atoms with Gasteiger partial charge in [0.15, 0.2) is 0 Å². The molecule has 2 atom stereocenters. The first-order valence-corrected chi connectivity index (χ1v) is 13.4. The molecule has 3 saturated heterocycles. The number of rotatable bonds is 5. The molecule has 184 valence electrons. The number of fused-ring (bicyclic) bond motifs is 3. The van der Waals surface area contributed by atoms with Gasteiger partial charge in [-0.1, -0.05) is 42.5 Å². The number of para-hydroxylation sites is 2. The van der Waals surface area contributed by atoms with Gasteiger partial charge in [-0.3, -0.25) is 10.3 Å². The zero-order chi connectivity index (χ0) is 23.8. The Kier molecular flexibility index (Phi) is 6.23. The summed E-state index contributed by atoms with van der Waals surface area (Å²) < 4.78 is 8.47. The minimum absolute atomic E-state index is 0.360. The van der Waals surface area contributed by atoms with Gasteiger partial charge in [0.05, 0.1) is 11.0 Å². The van der Waals surface area contributed by atoms with Gasteiger partial charge >= 0.3 is 0 Å². The lowest BCUT2D eigenvalue weighted by Crippen LogP contribution is -2.46. The molecule has 0 amide bonds. The summed E-state index contributed by atoms with van der Waals surface area (Å²) in [6, 6.07) is 21.4. The van der Waals surface area contributed by atoms with Crippen LogP contribution >= 0.6 is 0 Å². The van der Waals surface area contributed by atoms with Gasteiger partial charge in [0.25, 0.3) is 6.02 Å². The zero-order valence-electron chi connectivity index (χ0n) is 20.8. The quantitative estimate of drug-likeness (QED) is 0.403. The molecule has 2 bridgehead atoms. The molecule has 0 radical (unpaired) electrons. The number of imidazole rings is 1. The largest absolute Gasteiger partial charge is 0.464 e. The average Bonchev–Trinajstić information content (AvgIpc) is 3.35. The van der Waals surface area contributed by atoms with E-state index in [1.165, 1.54) is 36.8 Å². The van der Waals surface area contributed by atoms with Crippen molar-refractivity contribution in [2.45, 2.75) is 69.5 Å². The van der Waals surface area contributed by atoms with Gasteiger partial charge in [-0.25, -0.2) is 4.98 Å². The molecule has 1 aromatic heterocycles. The SMILES string of the molecule is Cc1nc2ccccc2n1C1CC2CCC(C1)N2CCOC(=N)N1CCC(c2ccccc2)CC1. The van der Waals surface area contributed by atoms with Crippen LogP contribution in [0.5, 0.6) is 0 Å². The maximum absolute atomic E-state index is 8.49. The smallest absolute Gasteiger partial charge is 0.284 e. The minimum Gasteiger partial charge on any atom is -0.464 e. The third-order valence-electron chi connectivity index (χ3n) is 8.64. The van der Waals surface area contributed by atoms with E-state index in [0.717, 1.165) is 43.8 Å². The number of hydrogen-bond donors (Lipinski definition) is 1. The van der Waals surface area contributed by atoms with Crippen LogP contribution < -0.4 is 0 Å². The number of piperidine rings is 2. The number of benzene rings is 2. The molecule has 35 heavy (non-hydrogen) atoms. The van der Waals surface area contributed by atoms with Crippen LogP contribution in [0, 0.1) is 12.3 Å². The second-order valence-corrected chi connectivity index (χ2v) is 10.6. The number of likely N-dealkylation sites (tertiary alicyclic amines) is 1. The first-order chi connectivity index (χ1) is 17.2. The molecule has 6 nitrogen and oxygen atoms in total. The summed E-state index contributed by atoms with van der Waals surface area (Å²) in [5.74, 6) is 1.74. The van der Waals surface area contributed by atoms with E-state index in [4.69, 9.17) is 15.1 Å². The Bertz CT molecular complexity index is 1150. The first kappa shape index (κ1) is 22.6. The lowest BCUT2D eigenvalue weighted by Gasteiger charge is -2.40. The monoisotopic (exact) mass is 471 g/mol. The number of aromatic nitrogens is 2. The molecular weight excluding hydrogens is 434 g/mol. The standard InChI is InChI=1S/C29H37N5O/c1-21-31-27-9-5-6-10-28(27)34(21)26-19-24-11-12-25(20-26)33(24)17-18-35-29(30)32-15-13-23(14-16-32)22-7-3-2-4-8-22/h2-10,23-26,30H,11-20H2,1H3. The van der Waals surface area contributed by atoms with Crippen molar-refractivity contribution in [2.24, 2.45) is 0 Å². The summed E-state index contributed by atoms with van der Waals surface area (Å²) in [6.45, 7) is 5.51. The van der Waals surface area contributed by atoms with Gasteiger partial charge in [0.2, 0.25) is 0 Å². The third kappa shape index (κ3) is 4.44. The van der Waals surface area contributed by atoms with Crippen molar-refractivity contribution in [1.82, 2.24) is 19.4 Å². The van der Waals surface area contributed by atoms with Crippen LogP contribution in [-0.2, 0) is 4.74 Å². The fourth-order valence-electron chi connectivity index (χ4n) is 6.93. The van der Waals surface area contributed by atoms with E-state index in [1.54, 1.807) is 0 Å². The van der Waals surface area contributed by atoms with E-state index >= 15 is 0 Å². The van der Waals surface area contributed by atoms with Crippen molar-refractivity contribution >= 4 is 17.1 Å². The second kappa shape index (κ2) is 9.65. The van der Waals surface area contributed by atoms with Crippen LogP contribution in [0.1, 0.15) is 61.9 Å². The van der Waals surface area contributed by atoms with Crippen LogP contribution in [0.15, 0.2) is 54.6 Å². The lowest BCUT2D eigenvalue weighted by molar-refractivity contribution is 0.0816. The van der Waals surface area contributed by atoms with E-state index in [9.17, 15) is 0 Å². The Balaban J connectivity index is 1.00. The Morgan fingerprint density at radius 1 is 0.914 bits per heavy atom. The summed E-state index contributed by atoms with van der Waals surface area (Å²) in [6.07, 6.45) is 7.10. The molecule has 6 heteroatoms. The van der Waals surface area contributed by atoms with Crippen molar-refractivity contribution in [3.63, 3.8) is 0 Å². The second-order valence-electron chi connectivity index (χ2n) is 10.6. The molecule has 2 unspecified atom stereocenters. The molecule has 3 fully saturated rings. The number of nitrogens with zero attached hydrogens (tertiary/aromatic N) is 4. The van der Waals surface area contributed by atoms with Crippen molar-refractivity contribution < 1.29 is 4.74 Å². The fourth-order valence-corrected chi connectivity index (χ4v) is 6.93. The maximum atomic E-state index is 8.49. The summed E-state index contributed by atoms with van der Waals surface area (Å²) in [7, 11) is 0. The van der Waals surface area contributed by atoms with Gasteiger partial charge < -0.3 is 14.2 Å². The van der Waals surface area contributed by atoms with E-state index in [2.05, 4.69) is 75.9 Å². The van der Waals surface area contributed by atoms with Gasteiger partial charge in [-0.05, 0) is 69.1 Å². The lowest BCUT2D eigenvalue weighted by atomic mass is 9.90. The zero-order valence-corrected chi connectivity index (χ0v) is 20.8. The third-order valence-corrected chi connectivity index (χ3v) is 8.64. The van der Waals surface area contributed by atoms with Gasteiger partial charge in [-0.15, -0.1) is 0 Å². The average molecular weight is 472 g/mol. The van der Waals surface area contributed by atoms with Gasteiger partial charge in [0, 0.05) is 37.8 Å². The van der Waals surface area contributed by atoms with Crippen molar-refractivity contribution in [3.8, 4) is 0 Å². The molecule has 6 rings (SSSR count). The first-order valence-electron chi connectivity index (χ1n) is 13.4. The normalized spacial score (nSPS) is 25.3. The summed E-state index contributed by atoms with van der Waals surface area (Å²) in [5, 5.41) is 8.49. The Hall–Kier alpha value is -2.86. The summed E-state index contributed by atoms with van der Waals surface area (Å²) >= 11 is 0. The molecule has 3 aliphatic heterocycles. The fraction of sp³-hybridized carbons (Fsp3) is 0.517. The number of aryl methyl sites for hydroxylation is 1. The van der Waals surface area contributed by atoms with Gasteiger partial charge in [0.1, 0.15) is 12.4 Å². The van der Waals surface area contributed by atoms with Crippen molar-refractivity contribution in [3.05, 3.63) is 66.0 Å². The molecule has 2 aromatic carbocycles. The van der Waals surface area contributed by atoms with Crippen LogP contribution in [0.25, 0.3) is 11.0 Å². The van der Waals surface area contributed by atoms with Crippen molar-refractivity contribution in [2.75, 3.05) is 26.2 Å². The predicted molar refractivity (Wildman–Crippen MR) is 140 cm³/mol. The molecular formula is C29H37N5O. The Labute approximate surface area is 208 Å². The molecule has 0 saturated carbocycles. The van der Waals surface area contributed by atoms with E-state index in [-0.39, 0.29) is 0 Å². The maximum Gasteiger partial charge on any atom is 0.284 e. The topological polar surface area (TPSA) is 57.4 Å². The number of nitrogens with one attached hydrogen (secondary N) is 1.